The summed E-state index contributed by atoms with van der Waals surface area (Å²) < 4.78 is 10.2. The maximum Gasteiger partial charge on any atom is 0.337 e. The molecule has 0 saturated carbocycles. The lowest BCUT2D eigenvalue weighted by Gasteiger charge is -2.10. The number of aromatic nitrogens is 1. The quantitative estimate of drug-likeness (QED) is 0.719. The van der Waals surface area contributed by atoms with Gasteiger partial charge < -0.3 is 14.5 Å². The Morgan fingerprint density at radius 3 is 2.62 bits per heavy atom. The number of carbonyl (C=O) groups excluding carboxylic acids is 1. The number of fused-ring (bicyclic) bond motifs is 1. The molecule has 1 aromatic heterocycles. The number of aryl methyl sites for hydroxylation is 1. The highest BCUT2D eigenvalue weighted by Gasteiger charge is 2.13. The van der Waals surface area contributed by atoms with Gasteiger partial charge in [0.25, 0.3) is 0 Å². The van der Waals surface area contributed by atoms with Crippen LogP contribution in [0.1, 0.15) is 34.0 Å². The van der Waals surface area contributed by atoms with Crippen LogP contribution in [0.15, 0.2) is 42.6 Å². The first-order valence-electron chi connectivity index (χ1n) is 8.00. The molecule has 1 N–H and O–H groups in total. The smallest absolute Gasteiger partial charge is 0.337 e. The first kappa shape index (κ1) is 16.1. The van der Waals surface area contributed by atoms with Gasteiger partial charge in [0, 0.05) is 23.5 Å². The van der Waals surface area contributed by atoms with Gasteiger partial charge in [0.05, 0.1) is 19.8 Å². The largest absolute Gasteiger partial charge is 0.496 e. The van der Waals surface area contributed by atoms with Gasteiger partial charge in [0.15, 0.2) is 0 Å². The van der Waals surface area contributed by atoms with Gasteiger partial charge in [-0.2, -0.15) is 0 Å². The van der Waals surface area contributed by atoms with Crippen molar-refractivity contribution in [2.24, 2.45) is 0 Å². The van der Waals surface area contributed by atoms with E-state index in [2.05, 4.69) is 30.1 Å². The van der Waals surface area contributed by atoms with E-state index in [9.17, 15) is 4.79 Å². The Bertz CT molecular complexity index is 880. The molecule has 4 nitrogen and oxygen atoms in total. The molecule has 0 bridgehead atoms. The Morgan fingerprint density at radius 1 is 1.08 bits per heavy atom. The number of esters is 1. The van der Waals surface area contributed by atoms with Gasteiger partial charge in [0.2, 0.25) is 0 Å². The van der Waals surface area contributed by atoms with E-state index in [0.29, 0.717) is 11.3 Å². The fourth-order valence-corrected chi connectivity index (χ4v) is 2.93. The summed E-state index contributed by atoms with van der Waals surface area (Å²) in [5.74, 6) is 0.332. The van der Waals surface area contributed by atoms with Crippen molar-refractivity contribution in [3.05, 3.63) is 64.8 Å². The average molecular weight is 323 g/mol. The minimum atomic E-state index is -0.362. The zero-order valence-corrected chi connectivity index (χ0v) is 14.2. The van der Waals surface area contributed by atoms with Crippen molar-refractivity contribution in [3.8, 4) is 5.75 Å². The molecule has 3 aromatic rings. The Labute approximate surface area is 141 Å². The Balaban J connectivity index is 1.97. The molecule has 0 aliphatic heterocycles. The summed E-state index contributed by atoms with van der Waals surface area (Å²) in [6.07, 6.45) is 3.78. The van der Waals surface area contributed by atoms with E-state index >= 15 is 0 Å². The second-order valence-corrected chi connectivity index (χ2v) is 5.74. The van der Waals surface area contributed by atoms with E-state index in [1.807, 2.05) is 12.3 Å². The molecule has 24 heavy (non-hydrogen) atoms. The van der Waals surface area contributed by atoms with Crippen molar-refractivity contribution < 1.29 is 14.3 Å². The number of aromatic amines is 1. The molecule has 0 fully saturated rings. The number of nitrogens with one attached hydrogen (secondary N) is 1. The summed E-state index contributed by atoms with van der Waals surface area (Å²) in [5, 5.41) is 1.23. The van der Waals surface area contributed by atoms with Gasteiger partial charge in [-0.15, -0.1) is 0 Å². The third kappa shape index (κ3) is 3.00. The van der Waals surface area contributed by atoms with Crippen LogP contribution in [0, 0.1) is 0 Å². The third-order valence-corrected chi connectivity index (χ3v) is 4.33. The lowest BCUT2D eigenvalue weighted by Crippen LogP contribution is -2.03. The highest BCUT2D eigenvalue weighted by Crippen LogP contribution is 2.27. The molecule has 3 rings (SSSR count). The van der Waals surface area contributed by atoms with E-state index in [1.54, 1.807) is 19.2 Å². The van der Waals surface area contributed by atoms with Crippen molar-refractivity contribution in [1.29, 1.82) is 0 Å². The Morgan fingerprint density at radius 2 is 1.92 bits per heavy atom. The van der Waals surface area contributed by atoms with E-state index in [-0.39, 0.29) is 5.97 Å². The van der Waals surface area contributed by atoms with E-state index < -0.39 is 0 Å². The number of ether oxygens (including phenoxy) is 2. The summed E-state index contributed by atoms with van der Waals surface area (Å²) in [4.78, 5) is 15.0. The SMILES string of the molecule is CCc1ccc2[nH]cc(Cc3ccc(C(=O)OC)cc3OC)c2c1. The van der Waals surface area contributed by atoms with Crippen LogP contribution in [0.4, 0.5) is 0 Å². The lowest BCUT2D eigenvalue weighted by molar-refractivity contribution is 0.0600. The van der Waals surface area contributed by atoms with Gasteiger partial charge in [-0.3, -0.25) is 0 Å². The number of rotatable bonds is 5. The highest BCUT2D eigenvalue weighted by atomic mass is 16.5. The molecule has 0 amide bonds. The molecule has 0 aliphatic carbocycles. The fourth-order valence-electron chi connectivity index (χ4n) is 2.93. The fraction of sp³-hybridized carbons (Fsp3) is 0.250. The van der Waals surface area contributed by atoms with Gasteiger partial charge in [0.1, 0.15) is 5.75 Å². The monoisotopic (exact) mass is 323 g/mol. The number of carbonyl (C=O) groups is 1. The van der Waals surface area contributed by atoms with E-state index in [0.717, 1.165) is 23.9 Å². The molecule has 124 valence electrons. The van der Waals surface area contributed by atoms with Gasteiger partial charge in [-0.05, 0) is 47.4 Å². The topological polar surface area (TPSA) is 51.3 Å². The Kier molecular flexibility index (Phi) is 4.56. The van der Waals surface area contributed by atoms with Crippen LogP contribution in [0.3, 0.4) is 0 Å². The number of hydrogen-bond acceptors (Lipinski definition) is 3. The van der Waals surface area contributed by atoms with Crippen LogP contribution in [-0.4, -0.2) is 25.2 Å². The van der Waals surface area contributed by atoms with Crippen molar-refractivity contribution in [2.45, 2.75) is 19.8 Å². The van der Waals surface area contributed by atoms with Crippen LogP contribution in [0.5, 0.6) is 5.75 Å². The summed E-state index contributed by atoms with van der Waals surface area (Å²) in [6.45, 7) is 2.15. The average Bonchev–Trinajstić information content (AvgIpc) is 3.03. The van der Waals surface area contributed by atoms with Crippen molar-refractivity contribution >= 4 is 16.9 Å². The van der Waals surface area contributed by atoms with Crippen LogP contribution in [-0.2, 0) is 17.6 Å². The second kappa shape index (κ2) is 6.79. The molecule has 1 heterocycles. The van der Waals surface area contributed by atoms with E-state index in [1.165, 1.54) is 23.6 Å². The number of methoxy groups -OCH3 is 2. The number of hydrogen-bond donors (Lipinski definition) is 1. The zero-order chi connectivity index (χ0) is 17.1. The highest BCUT2D eigenvalue weighted by molar-refractivity contribution is 5.90. The molecule has 0 unspecified atom stereocenters. The molecular weight excluding hydrogens is 302 g/mol. The van der Waals surface area contributed by atoms with Crippen molar-refractivity contribution in [1.82, 2.24) is 4.98 Å². The molecule has 0 radical (unpaired) electrons. The Hall–Kier alpha value is -2.75. The second-order valence-electron chi connectivity index (χ2n) is 5.74. The number of benzene rings is 2. The van der Waals surface area contributed by atoms with Crippen LogP contribution in [0.25, 0.3) is 10.9 Å². The summed E-state index contributed by atoms with van der Waals surface area (Å²) in [7, 11) is 2.99. The minimum Gasteiger partial charge on any atom is -0.496 e. The number of H-pyrrole nitrogens is 1. The van der Waals surface area contributed by atoms with Crippen molar-refractivity contribution in [2.75, 3.05) is 14.2 Å². The predicted molar refractivity (Wildman–Crippen MR) is 94.8 cm³/mol. The minimum absolute atomic E-state index is 0.362. The normalized spacial score (nSPS) is 10.8. The maximum absolute atomic E-state index is 11.7. The predicted octanol–water partition coefficient (Wildman–Crippen LogP) is 4.12. The maximum atomic E-state index is 11.7. The molecule has 0 saturated heterocycles. The summed E-state index contributed by atoms with van der Waals surface area (Å²) in [6, 6.07) is 11.9. The first-order chi connectivity index (χ1) is 11.7. The molecule has 2 aromatic carbocycles. The standard InChI is InChI=1S/C20H21NO3/c1-4-13-5-8-18-17(9-13)16(12-21-18)10-14-6-7-15(20(22)24-3)11-19(14)23-2/h5-9,11-12,21H,4,10H2,1-3H3. The summed E-state index contributed by atoms with van der Waals surface area (Å²) in [5.41, 5.74) is 5.19. The van der Waals surface area contributed by atoms with Gasteiger partial charge >= 0.3 is 5.97 Å². The van der Waals surface area contributed by atoms with Crippen LogP contribution < -0.4 is 4.74 Å². The first-order valence-corrected chi connectivity index (χ1v) is 8.00. The van der Waals surface area contributed by atoms with Gasteiger partial charge in [-0.25, -0.2) is 4.79 Å². The molecule has 0 spiro atoms. The van der Waals surface area contributed by atoms with Crippen molar-refractivity contribution in [3.63, 3.8) is 0 Å². The van der Waals surface area contributed by atoms with E-state index in [4.69, 9.17) is 9.47 Å². The lowest BCUT2D eigenvalue weighted by atomic mass is 10.0. The van der Waals surface area contributed by atoms with Crippen LogP contribution >= 0.6 is 0 Å². The third-order valence-electron chi connectivity index (χ3n) is 4.33. The van der Waals surface area contributed by atoms with Gasteiger partial charge in [-0.1, -0.05) is 19.1 Å². The molecule has 0 aliphatic rings. The van der Waals surface area contributed by atoms with Crippen LogP contribution in [0.2, 0.25) is 0 Å². The summed E-state index contributed by atoms with van der Waals surface area (Å²) >= 11 is 0. The molecule has 0 atom stereocenters. The molecule has 4 heteroatoms. The zero-order valence-electron chi connectivity index (χ0n) is 14.2. The molecular formula is C20H21NO3.